The highest BCUT2D eigenvalue weighted by atomic mass is 16.6. The van der Waals surface area contributed by atoms with Crippen molar-refractivity contribution in [2.45, 2.75) is 43.1 Å². The number of fused-ring (bicyclic) bond motifs is 6. The predicted molar refractivity (Wildman–Crippen MR) is 263 cm³/mol. The van der Waals surface area contributed by atoms with E-state index in [-0.39, 0.29) is 29.4 Å². The Labute approximate surface area is 407 Å². The van der Waals surface area contributed by atoms with Gasteiger partial charge in [0.1, 0.15) is 29.2 Å². The lowest BCUT2D eigenvalue weighted by Crippen LogP contribution is -2.58. The topological polar surface area (TPSA) is 153 Å². The fraction of sp³-hybridized carbons (Fsp3) is 0.321. The van der Waals surface area contributed by atoms with Crippen molar-refractivity contribution in [1.82, 2.24) is 19.4 Å². The second-order valence-electron chi connectivity index (χ2n) is 17.8. The van der Waals surface area contributed by atoms with Crippen molar-refractivity contribution in [3.8, 4) is 23.0 Å². The highest BCUT2D eigenvalue weighted by Gasteiger charge is 2.54. The van der Waals surface area contributed by atoms with E-state index in [2.05, 4.69) is 57.3 Å². The summed E-state index contributed by atoms with van der Waals surface area (Å²) in [6.07, 6.45) is 5.24. The van der Waals surface area contributed by atoms with Crippen LogP contribution in [0.4, 0.5) is 0 Å². The summed E-state index contributed by atoms with van der Waals surface area (Å²) in [5.74, 6) is 0.441. The Hall–Kier alpha value is -7.42. The van der Waals surface area contributed by atoms with E-state index in [0.29, 0.717) is 29.4 Å². The molecule has 6 atom stereocenters. The monoisotopic (exact) mass is 946 g/mol. The molecule has 14 nitrogen and oxygen atoms in total. The van der Waals surface area contributed by atoms with Crippen LogP contribution in [0.15, 0.2) is 134 Å². The zero-order valence-corrected chi connectivity index (χ0v) is 40.2. The summed E-state index contributed by atoms with van der Waals surface area (Å²) in [6.45, 7) is 1.68. The highest BCUT2D eigenvalue weighted by molar-refractivity contribution is 5.91. The number of carbonyl (C=O) groups excluding carboxylic acids is 3. The van der Waals surface area contributed by atoms with Crippen LogP contribution in [0.2, 0.25) is 0 Å². The van der Waals surface area contributed by atoms with Gasteiger partial charge in [-0.1, -0.05) is 91.0 Å². The molecule has 1 aliphatic carbocycles. The second-order valence-corrected chi connectivity index (χ2v) is 17.8. The molecule has 10 rings (SSSR count). The predicted octanol–water partition coefficient (Wildman–Crippen LogP) is 8.71. The number of nitrogens with zero attached hydrogens (tertiary/aromatic N) is 3. The van der Waals surface area contributed by atoms with Gasteiger partial charge in [0.15, 0.2) is 17.8 Å². The molecule has 2 fully saturated rings. The average Bonchev–Trinajstić information content (AvgIpc) is 4.06. The van der Waals surface area contributed by atoms with Gasteiger partial charge in [-0.3, -0.25) is 14.5 Å². The van der Waals surface area contributed by atoms with Gasteiger partial charge in [-0.05, 0) is 77.6 Å². The second kappa shape index (κ2) is 20.7. The molecule has 1 saturated carbocycles. The first kappa shape index (κ1) is 47.6. The smallest absolute Gasteiger partial charge is 0.338 e. The van der Waals surface area contributed by atoms with E-state index >= 15 is 0 Å². The molecule has 1 N–H and O–H groups in total. The minimum atomic E-state index is -0.670. The molecule has 14 heteroatoms. The largest absolute Gasteiger partial charge is 0.497 e. The number of benzene rings is 5. The number of aromatic amines is 1. The van der Waals surface area contributed by atoms with Crippen molar-refractivity contribution in [2.75, 3.05) is 55.7 Å². The van der Waals surface area contributed by atoms with E-state index in [1.54, 1.807) is 38.9 Å². The number of hydrogen-bond acceptors (Lipinski definition) is 12. The number of methoxy groups -OCH3 is 6. The first-order valence-electron chi connectivity index (χ1n) is 23.4. The third-order valence-electron chi connectivity index (χ3n) is 14.4. The highest BCUT2D eigenvalue weighted by Crippen LogP contribution is 2.51. The number of imidazole rings is 1. The van der Waals surface area contributed by atoms with Crippen LogP contribution in [-0.2, 0) is 31.0 Å². The Bertz CT molecular complexity index is 2820. The number of piperidine rings is 1. The molecule has 1 saturated heterocycles. The Balaban J connectivity index is 0.000000198. The van der Waals surface area contributed by atoms with Crippen LogP contribution in [0.5, 0.6) is 23.0 Å². The minimum absolute atomic E-state index is 0.0170. The number of nitrogens with one attached hydrogen (secondary N) is 1. The van der Waals surface area contributed by atoms with Gasteiger partial charge >= 0.3 is 11.9 Å². The van der Waals surface area contributed by atoms with Crippen molar-refractivity contribution in [1.29, 1.82) is 0 Å². The van der Waals surface area contributed by atoms with Gasteiger partial charge in [-0.25, -0.2) is 9.78 Å². The molecule has 0 bridgehead atoms. The van der Waals surface area contributed by atoms with Crippen molar-refractivity contribution in [2.24, 2.45) is 17.8 Å². The first-order chi connectivity index (χ1) is 34.2. The third-order valence-corrected chi connectivity index (χ3v) is 14.4. The first-order valence-corrected chi connectivity index (χ1v) is 23.4. The van der Waals surface area contributed by atoms with E-state index in [4.69, 9.17) is 33.2 Å². The average molecular weight is 947 g/mol. The van der Waals surface area contributed by atoms with Crippen molar-refractivity contribution >= 4 is 29.1 Å². The standard InChI is InChI=1S/C33H40N2O9.C23H18N2O/c1-38-19-7-8-20-21-9-10-35-16-18-13-27(44-32(36)17-11-25(39-2)30(41-4)26(12-17)40-3)31(42-5)28(33(37)43-6)22(18)15-24(35)29(21)34-23(20)14-19;26-17-22-16-25(18-24-22)23(19-10-4-1-5-11-19,20-12-6-2-7-13-20)21-14-8-3-9-15-21/h7-8,11-12,14,18,22,24,27-28,31,34H,9-10,13,15-16H2,1-6H3;1-18H/t18-,22+,24-,27-,28+,31+;/m1./s1. The fourth-order valence-electron chi connectivity index (χ4n) is 11.3. The molecule has 362 valence electrons. The lowest BCUT2D eigenvalue weighted by Gasteiger charge is -2.52. The summed E-state index contributed by atoms with van der Waals surface area (Å²) in [7, 11) is 9.10. The molecular weight excluding hydrogens is 889 g/mol. The van der Waals surface area contributed by atoms with E-state index in [1.807, 2.05) is 71.3 Å². The van der Waals surface area contributed by atoms with Gasteiger partial charge in [-0.15, -0.1) is 0 Å². The van der Waals surface area contributed by atoms with Gasteiger partial charge in [0.2, 0.25) is 5.75 Å². The number of hydrogen-bond donors (Lipinski definition) is 1. The summed E-state index contributed by atoms with van der Waals surface area (Å²) in [5.41, 5.74) is 6.94. The minimum Gasteiger partial charge on any atom is -0.497 e. The number of aldehydes is 1. The quantitative estimate of drug-likeness (QED) is 0.0669. The van der Waals surface area contributed by atoms with E-state index < -0.39 is 29.6 Å². The summed E-state index contributed by atoms with van der Waals surface area (Å²) < 4.78 is 41.1. The molecule has 0 spiro atoms. The molecule has 0 unspecified atom stereocenters. The summed E-state index contributed by atoms with van der Waals surface area (Å²) in [4.78, 5) is 48.7. The number of ether oxygens (including phenoxy) is 7. The number of esters is 2. The van der Waals surface area contributed by atoms with Crippen LogP contribution in [0.3, 0.4) is 0 Å². The molecule has 0 amide bonds. The summed E-state index contributed by atoms with van der Waals surface area (Å²) >= 11 is 0. The molecule has 0 radical (unpaired) electrons. The van der Waals surface area contributed by atoms with Crippen LogP contribution in [-0.4, -0.2) is 106 Å². The van der Waals surface area contributed by atoms with Crippen LogP contribution < -0.4 is 18.9 Å². The van der Waals surface area contributed by atoms with E-state index in [1.165, 1.54) is 45.1 Å². The SMILES string of the molecule is COC(=O)[C@H]1[C@H]2C[C@@H]3c4[nH]c5cc(OC)ccc5c4CCN3C[C@H]2C[C@@H](OC(=O)c2cc(OC)c(OC)c(OC)c2)[C@@H]1OC.O=Cc1cn(C(c2ccccc2)(c2ccccc2)c2ccccc2)cn1. The van der Waals surface area contributed by atoms with Crippen LogP contribution in [0.25, 0.3) is 10.9 Å². The van der Waals surface area contributed by atoms with Crippen molar-refractivity contribution < 1.29 is 47.5 Å². The molecule has 7 aromatic rings. The van der Waals surface area contributed by atoms with Crippen molar-refractivity contribution in [3.63, 3.8) is 0 Å². The Kier molecular flexibility index (Phi) is 14.1. The van der Waals surface area contributed by atoms with Gasteiger partial charge < -0.3 is 42.7 Å². The molecule has 3 aliphatic rings. The Morgan fingerprint density at radius 3 is 1.91 bits per heavy atom. The fourth-order valence-corrected chi connectivity index (χ4v) is 11.3. The van der Waals surface area contributed by atoms with Crippen LogP contribution >= 0.6 is 0 Å². The molecule has 2 aliphatic heterocycles. The van der Waals surface area contributed by atoms with Crippen LogP contribution in [0.1, 0.15) is 67.7 Å². The number of H-pyrrole nitrogens is 1. The molecule has 2 aromatic heterocycles. The molecule has 5 aromatic carbocycles. The number of carbonyl (C=O) groups is 3. The summed E-state index contributed by atoms with van der Waals surface area (Å²) in [6, 6.07) is 40.3. The Morgan fingerprint density at radius 1 is 0.757 bits per heavy atom. The van der Waals surface area contributed by atoms with E-state index in [0.717, 1.165) is 60.2 Å². The maximum absolute atomic E-state index is 13.5. The zero-order valence-electron chi connectivity index (χ0n) is 40.2. The van der Waals surface area contributed by atoms with Crippen LogP contribution in [0, 0.1) is 17.8 Å². The number of rotatable bonds is 13. The molecule has 70 heavy (non-hydrogen) atoms. The van der Waals surface area contributed by atoms with Gasteiger partial charge in [0, 0.05) is 49.1 Å². The maximum atomic E-state index is 13.5. The normalized spacial score (nSPS) is 20.6. The lowest BCUT2D eigenvalue weighted by atomic mass is 9.63. The number of aromatic nitrogens is 3. The lowest BCUT2D eigenvalue weighted by molar-refractivity contribution is -0.176. The van der Waals surface area contributed by atoms with Gasteiger partial charge in [0.25, 0.3) is 0 Å². The maximum Gasteiger partial charge on any atom is 0.338 e. The molecule has 4 heterocycles. The molecular formula is C56H58N4O10. The van der Waals surface area contributed by atoms with Gasteiger partial charge in [0.05, 0.1) is 59.4 Å². The van der Waals surface area contributed by atoms with Crippen molar-refractivity contribution in [3.05, 3.63) is 173 Å². The van der Waals surface area contributed by atoms with E-state index in [9.17, 15) is 14.4 Å². The van der Waals surface area contributed by atoms with Gasteiger partial charge in [-0.2, -0.15) is 0 Å². The summed E-state index contributed by atoms with van der Waals surface area (Å²) in [5, 5.41) is 1.21. The third kappa shape index (κ3) is 8.66. The Morgan fingerprint density at radius 2 is 1.39 bits per heavy atom. The zero-order chi connectivity index (χ0) is 48.9.